The van der Waals surface area contributed by atoms with Gasteiger partial charge >= 0.3 is 0 Å². The van der Waals surface area contributed by atoms with Gasteiger partial charge in [-0.2, -0.15) is 0 Å². The normalized spacial score (nSPS) is 18.9. The zero-order valence-corrected chi connectivity index (χ0v) is 9.95. The largest absolute Gasteiger partial charge is 0.370 e. The molecule has 5 heteroatoms. The van der Waals surface area contributed by atoms with Crippen molar-refractivity contribution in [3.05, 3.63) is 25.0 Å². The number of anilines is 2. The minimum atomic E-state index is 0.703. The SMILES string of the molecule is C=CCNc1cc(NCC2CCNC2)ncn1. The molecule has 92 valence electrons. The Morgan fingerprint density at radius 1 is 1.41 bits per heavy atom. The molecule has 1 saturated heterocycles. The molecule has 0 aliphatic carbocycles. The molecule has 1 aromatic rings. The Bertz CT molecular complexity index is 360. The highest BCUT2D eigenvalue weighted by Crippen LogP contribution is 2.11. The molecule has 17 heavy (non-hydrogen) atoms. The standard InChI is InChI=1S/C12H19N5/c1-2-4-14-11-6-12(17-9-16-11)15-8-10-3-5-13-7-10/h2,6,9-10,13H,1,3-5,7-8H2,(H2,14,15,16,17). The van der Waals surface area contributed by atoms with Gasteiger partial charge in [-0.1, -0.05) is 6.08 Å². The summed E-state index contributed by atoms with van der Waals surface area (Å²) in [5.41, 5.74) is 0. The third-order valence-electron chi connectivity index (χ3n) is 2.83. The molecule has 0 amide bonds. The van der Waals surface area contributed by atoms with E-state index in [2.05, 4.69) is 32.5 Å². The highest BCUT2D eigenvalue weighted by atomic mass is 15.1. The highest BCUT2D eigenvalue weighted by molar-refractivity contribution is 5.46. The monoisotopic (exact) mass is 233 g/mol. The van der Waals surface area contributed by atoms with E-state index in [1.807, 2.05) is 6.07 Å². The molecule has 0 radical (unpaired) electrons. The van der Waals surface area contributed by atoms with Crippen molar-refractivity contribution in [1.29, 1.82) is 0 Å². The van der Waals surface area contributed by atoms with Crippen molar-refractivity contribution < 1.29 is 0 Å². The van der Waals surface area contributed by atoms with Crippen LogP contribution < -0.4 is 16.0 Å². The lowest BCUT2D eigenvalue weighted by Gasteiger charge is -2.11. The molecular formula is C12H19N5. The van der Waals surface area contributed by atoms with Gasteiger partial charge in [0.25, 0.3) is 0 Å². The molecule has 0 bridgehead atoms. The van der Waals surface area contributed by atoms with Crippen molar-refractivity contribution in [1.82, 2.24) is 15.3 Å². The molecule has 5 nitrogen and oxygen atoms in total. The number of nitrogens with one attached hydrogen (secondary N) is 3. The average molecular weight is 233 g/mol. The summed E-state index contributed by atoms with van der Waals surface area (Å²) in [6.45, 7) is 7.56. The first-order valence-corrected chi connectivity index (χ1v) is 6.00. The maximum absolute atomic E-state index is 4.20. The molecule has 3 N–H and O–H groups in total. The zero-order chi connectivity index (χ0) is 11.9. The van der Waals surface area contributed by atoms with Crippen molar-refractivity contribution in [2.45, 2.75) is 6.42 Å². The Kier molecular flexibility index (Phi) is 4.32. The molecule has 1 aliphatic rings. The molecule has 1 fully saturated rings. The fourth-order valence-corrected chi connectivity index (χ4v) is 1.86. The Morgan fingerprint density at radius 2 is 2.24 bits per heavy atom. The van der Waals surface area contributed by atoms with E-state index in [0.29, 0.717) is 12.5 Å². The average Bonchev–Trinajstić information content (AvgIpc) is 2.87. The van der Waals surface area contributed by atoms with Crippen LogP contribution in [-0.4, -0.2) is 36.1 Å². The predicted molar refractivity (Wildman–Crippen MR) is 70.2 cm³/mol. The van der Waals surface area contributed by atoms with Gasteiger partial charge in [0, 0.05) is 19.2 Å². The van der Waals surface area contributed by atoms with Crippen LogP contribution in [0.4, 0.5) is 11.6 Å². The van der Waals surface area contributed by atoms with Crippen molar-refractivity contribution in [3.8, 4) is 0 Å². The van der Waals surface area contributed by atoms with Gasteiger partial charge < -0.3 is 16.0 Å². The van der Waals surface area contributed by atoms with Gasteiger partial charge in [-0.15, -0.1) is 6.58 Å². The Morgan fingerprint density at radius 3 is 2.94 bits per heavy atom. The van der Waals surface area contributed by atoms with Crippen LogP contribution in [0, 0.1) is 5.92 Å². The summed E-state index contributed by atoms with van der Waals surface area (Å²) in [5.74, 6) is 2.40. The second-order valence-electron chi connectivity index (χ2n) is 4.20. The first kappa shape index (κ1) is 11.9. The van der Waals surface area contributed by atoms with Crippen LogP contribution >= 0.6 is 0 Å². The number of nitrogens with zero attached hydrogens (tertiary/aromatic N) is 2. The lowest BCUT2D eigenvalue weighted by Crippen LogP contribution is -2.17. The van der Waals surface area contributed by atoms with Gasteiger partial charge in [0.15, 0.2) is 0 Å². The van der Waals surface area contributed by atoms with Crippen molar-refractivity contribution in [2.75, 3.05) is 36.8 Å². The number of hydrogen-bond acceptors (Lipinski definition) is 5. The quantitative estimate of drug-likeness (QED) is 0.642. The second-order valence-corrected chi connectivity index (χ2v) is 4.20. The predicted octanol–water partition coefficient (Wildman–Crippen LogP) is 1.10. The maximum atomic E-state index is 4.20. The van der Waals surface area contributed by atoms with E-state index in [-0.39, 0.29) is 0 Å². The van der Waals surface area contributed by atoms with E-state index in [1.165, 1.54) is 6.42 Å². The van der Waals surface area contributed by atoms with Gasteiger partial charge in [-0.3, -0.25) is 0 Å². The summed E-state index contributed by atoms with van der Waals surface area (Å²) in [7, 11) is 0. The van der Waals surface area contributed by atoms with Crippen molar-refractivity contribution in [3.63, 3.8) is 0 Å². The molecule has 0 aromatic carbocycles. The highest BCUT2D eigenvalue weighted by Gasteiger charge is 2.13. The van der Waals surface area contributed by atoms with Crippen LogP contribution in [0.2, 0.25) is 0 Å². The molecule has 1 unspecified atom stereocenters. The lowest BCUT2D eigenvalue weighted by molar-refractivity contribution is 0.614. The van der Waals surface area contributed by atoms with E-state index >= 15 is 0 Å². The summed E-state index contributed by atoms with van der Waals surface area (Å²) in [6.07, 6.45) is 4.61. The first-order valence-electron chi connectivity index (χ1n) is 6.00. The van der Waals surface area contributed by atoms with Crippen LogP contribution in [0.25, 0.3) is 0 Å². The molecule has 2 rings (SSSR count). The fraction of sp³-hybridized carbons (Fsp3) is 0.500. The van der Waals surface area contributed by atoms with E-state index < -0.39 is 0 Å². The van der Waals surface area contributed by atoms with Gasteiger partial charge in [-0.05, 0) is 25.4 Å². The van der Waals surface area contributed by atoms with Crippen LogP contribution in [-0.2, 0) is 0 Å². The number of rotatable bonds is 6. The van der Waals surface area contributed by atoms with E-state index in [4.69, 9.17) is 0 Å². The topological polar surface area (TPSA) is 61.9 Å². The van der Waals surface area contributed by atoms with Crippen LogP contribution in [0.3, 0.4) is 0 Å². The Balaban J connectivity index is 1.84. The summed E-state index contributed by atoms with van der Waals surface area (Å²) < 4.78 is 0. The van der Waals surface area contributed by atoms with Crippen LogP contribution in [0.1, 0.15) is 6.42 Å². The minimum absolute atomic E-state index is 0.703. The lowest BCUT2D eigenvalue weighted by atomic mass is 10.1. The summed E-state index contributed by atoms with van der Waals surface area (Å²) in [6, 6.07) is 1.92. The van der Waals surface area contributed by atoms with Crippen molar-refractivity contribution in [2.24, 2.45) is 5.92 Å². The minimum Gasteiger partial charge on any atom is -0.370 e. The fourth-order valence-electron chi connectivity index (χ4n) is 1.86. The van der Waals surface area contributed by atoms with Crippen LogP contribution in [0.15, 0.2) is 25.0 Å². The molecule has 0 spiro atoms. The molecule has 1 atom stereocenters. The number of aromatic nitrogens is 2. The summed E-state index contributed by atoms with van der Waals surface area (Å²) in [4.78, 5) is 8.33. The number of hydrogen-bond donors (Lipinski definition) is 3. The Hall–Kier alpha value is -1.62. The molecule has 2 heterocycles. The summed E-state index contributed by atoms with van der Waals surface area (Å²) in [5, 5.41) is 9.84. The van der Waals surface area contributed by atoms with Gasteiger partial charge in [0.2, 0.25) is 0 Å². The first-order chi connectivity index (χ1) is 8.38. The van der Waals surface area contributed by atoms with Gasteiger partial charge in [-0.25, -0.2) is 9.97 Å². The Labute approximate surface area is 102 Å². The van der Waals surface area contributed by atoms with Gasteiger partial charge in [0.1, 0.15) is 18.0 Å². The third kappa shape index (κ3) is 3.71. The molecule has 0 saturated carbocycles. The van der Waals surface area contributed by atoms with E-state index in [9.17, 15) is 0 Å². The van der Waals surface area contributed by atoms with Crippen molar-refractivity contribution >= 4 is 11.6 Å². The molecule has 1 aliphatic heterocycles. The third-order valence-corrected chi connectivity index (χ3v) is 2.83. The molecule has 1 aromatic heterocycles. The maximum Gasteiger partial charge on any atom is 0.131 e. The molecular weight excluding hydrogens is 214 g/mol. The zero-order valence-electron chi connectivity index (χ0n) is 9.95. The summed E-state index contributed by atoms with van der Waals surface area (Å²) >= 11 is 0. The van der Waals surface area contributed by atoms with E-state index in [1.54, 1.807) is 12.4 Å². The second kappa shape index (κ2) is 6.20. The van der Waals surface area contributed by atoms with Gasteiger partial charge in [0.05, 0.1) is 0 Å². The van der Waals surface area contributed by atoms with Crippen LogP contribution in [0.5, 0.6) is 0 Å². The van der Waals surface area contributed by atoms with E-state index in [0.717, 1.165) is 31.3 Å². The smallest absolute Gasteiger partial charge is 0.131 e.